The summed E-state index contributed by atoms with van der Waals surface area (Å²) >= 11 is 0. The van der Waals surface area contributed by atoms with Gasteiger partial charge in [0.2, 0.25) is 0 Å². The maximum Gasteiger partial charge on any atom is 0.122 e. The van der Waals surface area contributed by atoms with Crippen molar-refractivity contribution in [3.8, 4) is 0 Å². The van der Waals surface area contributed by atoms with E-state index in [1.807, 2.05) is 12.4 Å². The van der Waals surface area contributed by atoms with Gasteiger partial charge in [-0.1, -0.05) is 6.92 Å². The van der Waals surface area contributed by atoms with Gasteiger partial charge in [-0.2, -0.15) is 0 Å². The van der Waals surface area contributed by atoms with Crippen molar-refractivity contribution in [2.45, 2.75) is 39.0 Å². The van der Waals surface area contributed by atoms with Gasteiger partial charge in [-0.3, -0.25) is 0 Å². The molecule has 84 valence electrons. The smallest absolute Gasteiger partial charge is 0.122 e. The Bertz CT molecular complexity index is 292. The molecule has 1 aliphatic heterocycles. The van der Waals surface area contributed by atoms with Crippen LogP contribution in [0.5, 0.6) is 0 Å². The largest absolute Gasteiger partial charge is 0.376 e. The van der Waals surface area contributed by atoms with Crippen molar-refractivity contribution in [2.24, 2.45) is 0 Å². The van der Waals surface area contributed by atoms with Crippen LogP contribution in [0.3, 0.4) is 0 Å². The molecule has 1 atom stereocenters. The zero-order valence-electron chi connectivity index (χ0n) is 9.28. The average molecular weight is 209 g/mol. The summed E-state index contributed by atoms with van der Waals surface area (Å²) in [5.74, 6) is 1.10. The van der Waals surface area contributed by atoms with Crippen molar-refractivity contribution in [3.05, 3.63) is 18.2 Å². The molecule has 2 heterocycles. The Morgan fingerprint density at radius 2 is 2.60 bits per heavy atom. The summed E-state index contributed by atoms with van der Waals surface area (Å²) in [5.41, 5.74) is 0. The van der Waals surface area contributed by atoms with Crippen molar-refractivity contribution in [2.75, 3.05) is 13.2 Å². The highest BCUT2D eigenvalue weighted by Gasteiger charge is 2.16. The minimum absolute atomic E-state index is 0.388. The summed E-state index contributed by atoms with van der Waals surface area (Å²) < 4.78 is 7.81. The van der Waals surface area contributed by atoms with E-state index >= 15 is 0 Å². The second-order valence-electron chi connectivity index (χ2n) is 3.91. The molecule has 2 rings (SSSR count). The van der Waals surface area contributed by atoms with Gasteiger partial charge in [-0.15, -0.1) is 0 Å². The van der Waals surface area contributed by atoms with Gasteiger partial charge in [-0.05, 0) is 19.4 Å². The van der Waals surface area contributed by atoms with Crippen LogP contribution in [0.2, 0.25) is 0 Å². The highest BCUT2D eigenvalue weighted by Crippen LogP contribution is 2.14. The maximum atomic E-state index is 5.62. The number of imidazole rings is 1. The number of nitrogens with zero attached hydrogens (tertiary/aromatic N) is 2. The van der Waals surface area contributed by atoms with Crippen molar-refractivity contribution in [1.82, 2.24) is 14.9 Å². The topological polar surface area (TPSA) is 39.1 Å². The molecular weight excluding hydrogens is 190 g/mol. The van der Waals surface area contributed by atoms with E-state index in [9.17, 15) is 0 Å². The van der Waals surface area contributed by atoms with Crippen molar-refractivity contribution in [3.63, 3.8) is 0 Å². The van der Waals surface area contributed by atoms with Gasteiger partial charge >= 0.3 is 0 Å². The van der Waals surface area contributed by atoms with E-state index in [0.717, 1.165) is 32.1 Å². The molecule has 0 aliphatic carbocycles. The van der Waals surface area contributed by atoms with Gasteiger partial charge in [0.15, 0.2) is 0 Å². The monoisotopic (exact) mass is 209 g/mol. The standard InChI is InChI=1S/C11H19N3O/c1-2-12-8-11-13-5-6-14(11)9-10-4-3-7-15-10/h5-6,10,12H,2-4,7-9H2,1H3. The Morgan fingerprint density at radius 3 is 3.33 bits per heavy atom. The van der Waals surface area contributed by atoms with Crippen LogP contribution in [0, 0.1) is 0 Å². The van der Waals surface area contributed by atoms with Crippen LogP contribution in [-0.4, -0.2) is 28.8 Å². The fourth-order valence-corrected chi connectivity index (χ4v) is 1.92. The second-order valence-corrected chi connectivity index (χ2v) is 3.91. The molecule has 0 saturated carbocycles. The predicted octanol–water partition coefficient (Wildman–Crippen LogP) is 1.17. The summed E-state index contributed by atoms with van der Waals surface area (Å²) in [4.78, 5) is 4.34. The Morgan fingerprint density at radius 1 is 1.67 bits per heavy atom. The molecule has 1 unspecified atom stereocenters. The zero-order chi connectivity index (χ0) is 10.5. The normalized spacial score (nSPS) is 21.0. The number of nitrogens with one attached hydrogen (secondary N) is 1. The highest BCUT2D eigenvalue weighted by atomic mass is 16.5. The van der Waals surface area contributed by atoms with Crippen LogP contribution in [0.1, 0.15) is 25.6 Å². The van der Waals surface area contributed by atoms with E-state index in [-0.39, 0.29) is 0 Å². The van der Waals surface area contributed by atoms with Gasteiger partial charge < -0.3 is 14.6 Å². The summed E-state index contributed by atoms with van der Waals surface area (Å²) in [7, 11) is 0. The van der Waals surface area contributed by atoms with Crippen LogP contribution in [0.25, 0.3) is 0 Å². The molecule has 4 nitrogen and oxygen atoms in total. The third kappa shape index (κ3) is 2.79. The third-order valence-electron chi connectivity index (χ3n) is 2.76. The van der Waals surface area contributed by atoms with Crippen LogP contribution in [-0.2, 0) is 17.8 Å². The fraction of sp³-hybridized carbons (Fsp3) is 0.727. The number of ether oxygens (including phenoxy) is 1. The first-order valence-electron chi connectivity index (χ1n) is 5.72. The lowest BCUT2D eigenvalue weighted by atomic mass is 10.2. The quantitative estimate of drug-likeness (QED) is 0.791. The highest BCUT2D eigenvalue weighted by molar-refractivity contribution is 4.92. The predicted molar refractivity (Wildman–Crippen MR) is 58.6 cm³/mol. The second kappa shape index (κ2) is 5.28. The van der Waals surface area contributed by atoms with Crippen molar-refractivity contribution < 1.29 is 4.74 Å². The molecular formula is C11H19N3O. The maximum absolute atomic E-state index is 5.62. The zero-order valence-corrected chi connectivity index (χ0v) is 9.28. The number of rotatable bonds is 5. The van der Waals surface area contributed by atoms with E-state index in [2.05, 4.69) is 21.8 Å². The van der Waals surface area contributed by atoms with Gasteiger partial charge in [-0.25, -0.2) is 4.98 Å². The van der Waals surface area contributed by atoms with E-state index in [4.69, 9.17) is 4.74 Å². The summed E-state index contributed by atoms with van der Waals surface area (Å²) in [6.45, 7) is 5.79. The lowest BCUT2D eigenvalue weighted by Gasteiger charge is -2.12. The van der Waals surface area contributed by atoms with E-state index in [1.54, 1.807) is 0 Å². The Kier molecular flexibility index (Phi) is 3.75. The Labute approximate surface area is 90.6 Å². The number of aromatic nitrogens is 2. The SMILES string of the molecule is CCNCc1nccn1CC1CCCO1. The van der Waals surface area contributed by atoms with Gasteiger partial charge in [0.05, 0.1) is 19.2 Å². The first-order chi connectivity index (χ1) is 7.40. The van der Waals surface area contributed by atoms with Gasteiger partial charge in [0, 0.05) is 19.0 Å². The van der Waals surface area contributed by atoms with Crippen LogP contribution < -0.4 is 5.32 Å². The molecule has 1 aromatic heterocycles. The minimum Gasteiger partial charge on any atom is -0.376 e. The van der Waals surface area contributed by atoms with Gasteiger partial charge in [0.1, 0.15) is 5.82 Å². The molecule has 4 heteroatoms. The third-order valence-corrected chi connectivity index (χ3v) is 2.76. The summed E-state index contributed by atoms with van der Waals surface area (Å²) in [6.07, 6.45) is 6.66. The lowest BCUT2D eigenvalue weighted by molar-refractivity contribution is 0.0962. The van der Waals surface area contributed by atoms with Crippen molar-refractivity contribution in [1.29, 1.82) is 0 Å². The van der Waals surface area contributed by atoms with Crippen LogP contribution >= 0.6 is 0 Å². The average Bonchev–Trinajstić information content (AvgIpc) is 2.87. The Hall–Kier alpha value is -0.870. The molecule has 1 saturated heterocycles. The molecule has 1 fully saturated rings. The van der Waals surface area contributed by atoms with Gasteiger partial charge in [0.25, 0.3) is 0 Å². The minimum atomic E-state index is 0.388. The molecule has 0 radical (unpaired) electrons. The first-order valence-corrected chi connectivity index (χ1v) is 5.72. The number of hydrogen-bond acceptors (Lipinski definition) is 3. The fourth-order valence-electron chi connectivity index (χ4n) is 1.92. The molecule has 0 aromatic carbocycles. The van der Waals surface area contributed by atoms with E-state index in [0.29, 0.717) is 6.10 Å². The summed E-state index contributed by atoms with van der Waals surface area (Å²) in [6, 6.07) is 0. The molecule has 1 N–H and O–H groups in total. The van der Waals surface area contributed by atoms with Crippen LogP contribution in [0.15, 0.2) is 12.4 Å². The molecule has 15 heavy (non-hydrogen) atoms. The van der Waals surface area contributed by atoms with Crippen molar-refractivity contribution >= 4 is 0 Å². The van der Waals surface area contributed by atoms with E-state index < -0.39 is 0 Å². The Balaban J connectivity index is 1.91. The molecule has 0 spiro atoms. The van der Waals surface area contributed by atoms with E-state index in [1.165, 1.54) is 12.8 Å². The number of hydrogen-bond donors (Lipinski definition) is 1. The summed E-state index contributed by atoms with van der Waals surface area (Å²) in [5, 5.41) is 3.29. The van der Waals surface area contributed by atoms with Crippen LogP contribution in [0.4, 0.5) is 0 Å². The first kappa shape index (κ1) is 10.6. The molecule has 1 aromatic rings. The molecule has 1 aliphatic rings. The molecule has 0 bridgehead atoms. The molecule has 0 amide bonds. The lowest BCUT2D eigenvalue weighted by Crippen LogP contribution is -2.20.